The third-order valence-electron chi connectivity index (χ3n) is 2.78. The van der Waals surface area contributed by atoms with Crippen molar-refractivity contribution in [3.8, 4) is 0 Å². The molecule has 0 aliphatic heterocycles. The van der Waals surface area contributed by atoms with Crippen molar-refractivity contribution in [1.82, 2.24) is 10.2 Å². The SMILES string of the molecule is CCN(Cc1ccccc1)C(=O)CC(=O)NC(C)(C)C. The van der Waals surface area contributed by atoms with Gasteiger partial charge in [-0.2, -0.15) is 0 Å². The third-order valence-corrected chi connectivity index (χ3v) is 2.78. The molecule has 0 saturated heterocycles. The molecule has 1 N–H and O–H groups in total. The first-order valence-electron chi connectivity index (χ1n) is 6.94. The molecule has 0 bridgehead atoms. The zero-order chi connectivity index (χ0) is 15.2. The van der Waals surface area contributed by atoms with Crippen molar-refractivity contribution in [2.75, 3.05) is 6.54 Å². The van der Waals surface area contributed by atoms with Gasteiger partial charge in [-0.05, 0) is 33.3 Å². The van der Waals surface area contributed by atoms with Gasteiger partial charge >= 0.3 is 0 Å². The summed E-state index contributed by atoms with van der Waals surface area (Å²) in [6.45, 7) is 8.75. The molecule has 4 nitrogen and oxygen atoms in total. The number of hydrogen-bond acceptors (Lipinski definition) is 2. The molecule has 0 radical (unpaired) electrons. The van der Waals surface area contributed by atoms with Crippen molar-refractivity contribution in [1.29, 1.82) is 0 Å². The molecule has 1 aromatic carbocycles. The molecule has 0 fully saturated rings. The van der Waals surface area contributed by atoms with Gasteiger partial charge in [0.15, 0.2) is 0 Å². The lowest BCUT2D eigenvalue weighted by Gasteiger charge is -2.23. The summed E-state index contributed by atoms with van der Waals surface area (Å²) in [4.78, 5) is 25.6. The first kappa shape index (κ1) is 16.2. The number of carbonyl (C=O) groups is 2. The van der Waals surface area contributed by atoms with Gasteiger partial charge in [-0.15, -0.1) is 0 Å². The van der Waals surface area contributed by atoms with E-state index in [1.54, 1.807) is 4.90 Å². The Hall–Kier alpha value is -1.84. The summed E-state index contributed by atoms with van der Waals surface area (Å²) >= 11 is 0. The Morgan fingerprint density at radius 1 is 1.15 bits per heavy atom. The van der Waals surface area contributed by atoms with Crippen molar-refractivity contribution in [3.05, 3.63) is 35.9 Å². The molecular formula is C16H24N2O2. The van der Waals surface area contributed by atoms with E-state index in [0.717, 1.165) is 5.56 Å². The highest BCUT2D eigenvalue weighted by molar-refractivity contribution is 5.97. The fourth-order valence-electron chi connectivity index (χ4n) is 1.89. The Balaban J connectivity index is 2.57. The van der Waals surface area contributed by atoms with E-state index in [1.807, 2.05) is 58.0 Å². The van der Waals surface area contributed by atoms with Crippen LogP contribution in [0.5, 0.6) is 0 Å². The Kier molecular flexibility index (Phi) is 5.74. The summed E-state index contributed by atoms with van der Waals surface area (Å²) in [6, 6.07) is 9.79. The van der Waals surface area contributed by atoms with Gasteiger partial charge in [0.1, 0.15) is 6.42 Å². The monoisotopic (exact) mass is 276 g/mol. The summed E-state index contributed by atoms with van der Waals surface area (Å²) in [7, 11) is 0. The smallest absolute Gasteiger partial charge is 0.232 e. The minimum Gasteiger partial charge on any atom is -0.351 e. The number of rotatable bonds is 5. The molecule has 0 spiro atoms. The second-order valence-corrected chi connectivity index (χ2v) is 5.87. The predicted molar refractivity (Wildman–Crippen MR) is 80.0 cm³/mol. The zero-order valence-electron chi connectivity index (χ0n) is 12.8. The van der Waals surface area contributed by atoms with Gasteiger partial charge in [0.25, 0.3) is 0 Å². The van der Waals surface area contributed by atoms with E-state index in [4.69, 9.17) is 0 Å². The Morgan fingerprint density at radius 2 is 1.75 bits per heavy atom. The van der Waals surface area contributed by atoms with E-state index in [2.05, 4.69) is 5.32 Å². The van der Waals surface area contributed by atoms with Crippen LogP contribution in [-0.2, 0) is 16.1 Å². The fourth-order valence-corrected chi connectivity index (χ4v) is 1.89. The third kappa shape index (κ3) is 5.87. The summed E-state index contributed by atoms with van der Waals surface area (Å²) in [5, 5.41) is 2.81. The van der Waals surface area contributed by atoms with Crippen LogP contribution in [0, 0.1) is 0 Å². The van der Waals surface area contributed by atoms with Gasteiger partial charge in [0.05, 0.1) is 0 Å². The van der Waals surface area contributed by atoms with Gasteiger partial charge < -0.3 is 10.2 Å². The fraction of sp³-hybridized carbons (Fsp3) is 0.500. The molecule has 0 heterocycles. The Bertz CT molecular complexity index is 449. The topological polar surface area (TPSA) is 49.4 Å². The minimum atomic E-state index is -0.312. The lowest BCUT2D eigenvalue weighted by Crippen LogP contribution is -2.43. The van der Waals surface area contributed by atoms with Crippen molar-refractivity contribution in [2.24, 2.45) is 0 Å². The van der Waals surface area contributed by atoms with E-state index in [-0.39, 0.29) is 23.8 Å². The van der Waals surface area contributed by atoms with Gasteiger partial charge in [-0.3, -0.25) is 9.59 Å². The number of nitrogens with zero attached hydrogens (tertiary/aromatic N) is 1. The van der Waals surface area contributed by atoms with Gasteiger partial charge in [0, 0.05) is 18.6 Å². The van der Waals surface area contributed by atoms with Crippen LogP contribution in [0.25, 0.3) is 0 Å². The van der Waals surface area contributed by atoms with Crippen LogP contribution in [-0.4, -0.2) is 28.8 Å². The molecule has 0 unspecified atom stereocenters. The average molecular weight is 276 g/mol. The Morgan fingerprint density at radius 3 is 2.25 bits per heavy atom. The molecule has 0 aliphatic rings. The van der Waals surface area contributed by atoms with Crippen molar-refractivity contribution in [3.63, 3.8) is 0 Å². The van der Waals surface area contributed by atoms with Crippen molar-refractivity contribution in [2.45, 2.75) is 46.2 Å². The molecule has 1 aromatic rings. The zero-order valence-corrected chi connectivity index (χ0v) is 12.8. The first-order chi connectivity index (χ1) is 9.31. The molecule has 4 heteroatoms. The van der Waals surface area contributed by atoms with Crippen molar-refractivity contribution >= 4 is 11.8 Å². The largest absolute Gasteiger partial charge is 0.351 e. The van der Waals surface area contributed by atoms with Crippen LogP contribution < -0.4 is 5.32 Å². The molecular weight excluding hydrogens is 252 g/mol. The number of hydrogen-bond donors (Lipinski definition) is 1. The van der Waals surface area contributed by atoms with Crippen LogP contribution in [0.1, 0.15) is 39.7 Å². The molecule has 2 amide bonds. The van der Waals surface area contributed by atoms with Gasteiger partial charge in [-0.1, -0.05) is 30.3 Å². The van der Waals surface area contributed by atoms with Crippen LogP contribution in [0.2, 0.25) is 0 Å². The molecule has 1 rings (SSSR count). The second-order valence-electron chi connectivity index (χ2n) is 5.87. The molecule has 20 heavy (non-hydrogen) atoms. The summed E-state index contributed by atoms with van der Waals surface area (Å²) in [6.07, 6.45) is -0.0993. The normalized spacial score (nSPS) is 11.0. The van der Waals surface area contributed by atoms with E-state index in [1.165, 1.54) is 0 Å². The second kappa shape index (κ2) is 7.08. The maximum atomic E-state index is 12.1. The highest BCUT2D eigenvalue weighted by Crippen LogP contribution is 2.07. The standard InChI is InChI=1S/C16H24N2O2/c1-5-18(12-13-9-7-6-8-10-13)15(20)11-14(19)17-16(2,3)4/h6-10H,5,11-12H2,1-4H3,(H,17,19). The van der Waals surface area contributed by atoms with E-state index in [0.29, 0.717) is 13.1 Å². The molecule has 0 saturated carbocycles. The maximum Gasteiger partial charge on any atom is 0.232 e. The summed E-state index contributed by atoms with van der Waals surface area (Å²) < 4.78 is 0. The number of nitrogens with one attached hydrogen (secondary N) is 1. The van der Waals surface area contributed by atoms with Gasteiger partial charge in [0.2, 0.25) is 11.8 Å². The Labute approximate surface area is 121 Å². The van der Waals surface area contributed by atoms with Crippen LogP contribution in [0.3, 0.4) is 0 Å². The molecule has 0 aliphatic carbocycles. The quantitative estimate of drug-likeness (QED) is 0.839. The summed E-state index contributed by atoms with van der Waals surface area (Å²) in [5.41, 5.74) is 0.757. The molecule has 0 aromatic heterocycles. The highest BCUT2D eigenvalue weighted by atomic mass is 16.2. The first-order valence-corrected chi connectivity index (χ1v) is 6.94. The number of carbonyl (C=O) groups excluding carboxylic acids is 2. The molecule has 0 atom stereocenters. The average Bonchev–Trinajstić information content (AvgIpc) is 2.34. The predicted octanol–water partition coefficient (Wildman–Crippen LogP) is 2.34. The van der Waals surface area contributed by atoms with E-state index >= 15 is 0 Å². The van der Waals surface area contributed by atoms with E-state index in [9.17, 15) is 9.59 Å². The number of benzene rings is 1. The highest BCUT2D eigenvalue weighted by Gasteiger charge is 2.19. The van der Waals surface area contributed by atoms with Crippen LogP contribution >= 0.6 is 0 Å². The minimum absolute atomic E-state index is 0.0993. The lowest BCUT2D eigenvalue weighted by molar-refractivity contribution is -0.136. The van der Waals surface area contributed by atoms with Crippen LogP contribution in [0.15, 0.2) is 30.3 Å². The summed E-state index contributed by atoms with van der Waals surface area (Å²) in [5.74, 6) is -0.368. The van der Waals surface area contributed by atoms with Gasteiger partial charge in [-0.25, -0.2) is 0 Å². The van der Waals surface area contributed by atoms with Crippen molar-refractivity contribution < 1.29 is 9.59 Å². The molecule has 110 valence electrons. The van der Waals surface area contributed by atoms with Crippen LogP contribution in [0.4, 0.5) is 0 Å². The lowest BCUT2D eigenvalue weighted by atomic mass is 10.1. The number of amides is 2. The van der Waals surface area contributed by atoms with E-state index < -0.39 is 0 Å². The maximum absolute atomic E-state index is 12.1.